The minimum atomic E-state index is -4.48. The van der Waals surface area contributed by atoms with Crippen LogP contribution in [-0.2, 0) is 6.18 Å². The second-order valence-corrected chi connectivity index (χ2v) is 3.70. The van der Waals surface area contributed by atoms with Gasteiger partial charge in [0.25, 0.3) is 0 Å². The fraction of sp³-hybridized carbons (Fsp3) is 0.231. The van der Waals surface area contributed by atoms with Crippen molar-refractivity contribution in [2.75, 3.05) is 14.2 Å². The number of rotatable bonds is 2. The highest BCUT2D eigenvalue weighted by Crippen LogP contribution is 2.44. The Morgan fingerprint density at radius 2 is 1.56 bits per heavy atom. The van der Waals surface area contributed by atoms with Gasteiger partial charge in [-0.15, -0.1) is 0 Å². The molecule has 0 spiro atoms. The van der Waals surface area contributed by atoms with Gasteiger partial charge in [-0.2, -0.15) is 13.2 Å². The molecule has 0 radical (unpaired) electrons. The Labute approximate surface area is 102 Å². The van der Waals surface area contributed by atoms with E-state index >= 15 is 0 Å². The average Bonchev–Trinajstić information content (AvgIpc) is 2.35. The molecule has 2 aromatic carbocycles. The van der Waals surface area contributed by atoms with Crippen LogP contribution >= 0.6 is 0 Å². The molecule has 0 unspecified atom stereocenters. The first-order chi connectivity index (χ1) is 8.49. The van der Waals surface area contributed by atoms with Gasteiger partial charge in [0.2, 0.25) is 0 Å². The molecule has 0 aliphatic rings. The van der Waals surface area contributed by atoms with E-state index < -0.39 is 11.7 Å². The fourth-order valence-corrected chi connectivity index (χ4v) is 1.91. The molecule has 0 saturated heterocycles. The Kier molecular flexibility index (Phi) is 3.07. The van der Waals surface area contributed by atoms with Crippen LogP contribution in [0.25, 0.3) is 10.8 Å². The van der Waals surface area contributed by atoms with Crippen molar-refractivity contribution in [3.8, 4) is 11.5 Å². The summed E-state index contributed by atoms with van der Waals surface area (Å²) in [5, 5.41) is 0.969. The summed E-state index contributed by atoms with van der Waals surface area (Å²) in [7, 11) is 2.57. The summed E-state index contributed by atoms with van der Waals surface area (Å²) in [6.45, 7) is 0. The maximum Gasteiger partial charge on any atom is 0.420 e. The maximum absolute atomic E-state index is 12.9. The molecule has 96 valence electrons. The average molecular weight is 256 g/mol. The van der Waals surface area contributed by atoms with Crippen molar-refractivity contribution in [1.82, 2.24) is 0 Å². The number of hydrogen-bond donors (Lipinski definition) is 0. The summed E-state index contributed by atoms with van der Waals surface area (Å²) in [4.78, 5) is 0. The van der Waals surface area contributed by atoms with Gasteiger partial charge in [-0.25, -0.2) is 0 Å². The molecule has 0 saturated carbocycles. The number of ether oxygens (including phenoxy) is 2. The molecule has 0 aromatic heterocycles. The Hall–Kier alpha value is -1.91. The lowest BCUT2D eigenvalue weighted by atomic mass is 10.0. The van der Waals surface area contributed by atoms with E-state index in [0.717, 1.165) is 6.07 Å². The van der Waals surface area contributed by atoms with E-state index in [1.807, 2.05) is 0 Å². The van der Waals surface area contributed by atoms with Crippen LogP contribution in [0.1, 0.15) is 5.56 Å². The minimum absolute atomic E-state index is 0.179. The van der Waals surface area contributed by atoms with E-state index in [-0.39, 0.29) is 11.5 Å². The van der Waals surface area contributed by atoms with Crippen LogP contribution in [0.3, 0.4) is 0 Å². The van der Waals surface area contributed by atoms with Crippen molar-refractivity contribution >= 4 is 10.8 Å². The van der Waals surface area contributed by atoms with E-state index in [4.69, 9.17) is 9.47 Å². The smallest absolute Gasteiger partial charge is 0.420 e. The van der Waals surface area contributed by atoms with Gasteiger partial charge in [0, 0.05) is 10.8 Å². The summed E-state index contributed by atoms with van der Waals surface area (Å²) in [5.74, 6) is -0.00220. The maximum atomic E-state index is 12.9. The molecule has 0 atom stereocenters. The van der Waals surface area contributed by atoms with Crippen LogP contribution in [0.5, 0.6) is 11.5 Å². The topological polar surface area (TPSA) is 18.5 Å². The Bertz CT molecular complexity index is 576. The van der Waals surface area contributed by atoms with Crippen LogP contribution < -0.4 is 9.47 Å². The van der Waals surface area contributed by atoms with Crippen molar-refractivity contribution in [2.24, 2.45) is 0 Å². The van der Waals surface area contributed by atoms with Crippen molar-refractivity contribution in [3.05, 3.63) is 35.9 Å². The molecule has 0 bridgehead atoms. The van der Waals surface area contributed by atoms with Gasteiger partial charge >= 0.3 is 6.18 Å². The summed E-state index contributed by atoms with van der Waals surface area (Å²) < 4.78 is 48.7. The molecular weight excluding hydrogens is 245 g/mol. The lowest BCUT2D eigenvalue weighted by Gasteiger charge is -2.16. The van der Waals surface area contributed by atoms with Gasteiger partial charge in [-0.1, -0.05) is 24.3 Å². The molecule has 0 aliphatic carbocycles. The zero-order valence-electron chi connectivity index (χ0n) is 9.84. The van der Waals surface area contributed by atoms with Gasteiger partial charge < -0.3 is 9.47 Å². The normalized spacial score (nSPS) is 11.6. The molecule has 0 aliphatic heterocycles. The van der Waals surface area contributed by atoms with Crippen LogP contribution in [-0.4, -0.2) is 14.2 Å². The number of fused-ring (bicyclic) bond motifs is 1. The summed E-state index contributed by atoms with van der Waals surface area (Å²) in [6, 6.07) is 7.62. The monoisotopic (exact) mass is 256 g/mol. The Morgan fingerprint density at radius 3 is 2.06 bits per heavy atom. The number of alkyl halides is 3. The first kappa shape index (κ1) is 12.5. The fourth-order valence-electron chi connectivity index (χ4n) is 1.91. The number of hydrogen-bond acceptors (Lipinski definition) is 2. The molecule has 2 aromatic rings. The van der Waals surface area contributed by atoms with Gasteiger partial charge in [0.05, 0.1) is 14.2 Å². The lowest BCUT2D eigenvalue weighted by Crippen LogP contribution is -2.08. The third-order valence-corrected chi connectivity index (χ3v) is 2.69. The predicted octanol–water partition coefficient (Wildman–Crippen LogP) is 3.88. The highest BCUT2D eigenvalue weighted by molar-refractivity contribution is 5.94. The second kappa shape index (κ2) is 4.40. The van der Waals surface area contributed by atoms with Crippen LogP contribution in [0, 0.1) is 0 Å². The molecule has 0 N–H and O–H groups in total. The SMILES string of the molecule is COc1cc(C(F)(F)F)c(OC)c2ccccc12. The van der Waals surface area contributed by atoms with E-state index in [9.17, 15) is 13.2 Å². The Balaban J connectivity index is 2.88. The molecule has 2 rings (SSSR count). The van der Waals surface area contributed by atoms with Crippen molar-refractivity contribution in [2.45, 2.75) is 6.18 Å². The van der Waals surface area contributed by atoms with E-state index in [0.29, 0.717) is 10.8 Å². The van der Waals surface area contributed by atoms with E-state index in [1.54, 1.807) is 24.3 Å². The largest absolute Gasteiger partial charge is 0.496 e. The van der Waals surface area contributed by atoms with Crippen LogP contribution in [0.15, 0.2) is 30.3 Å². The van der Waals surface area contributed by atoms with Crippen LogP contribution in [0.4, 0.5) is 13.2 Å². The molecule has 5 heteroatoms. The molecule has 0 amide bonds. The highest BCUT2D eigenvalue weighted by Gasteiger charge is 2.36. The molecule has 0 heterocycles. The van der Waals surface area contributed by atoms with Gasteiger partial charge in [0.15, 0.2) is 0 Å². The molecule has 18 heavy (non-hydrogen) atoms. The summed E-state index contributed by atoms with van der Waals surface area (Å²) in [6.07, 6.45) is -4.48. The van der Waals surface area contributed by atoms with Crippen molar-refractivity contribution in [1.29, 1.82) is 0 Å². The highest BCUT2D eigenvalue weighted by atomic mass is 19.4. The van der Waals surface area contributed by atoms with E-state index in [1.165, 1.54) is 14.2 Å². The number of methoxy groups -OCH3 is 2. The Morgan fingerprint density at radius 1 is 0.944 bits per heavy atom. The lowest BCUT2D eigenvalue weighted by molar-refractivity contribution is -0.138. The zero-order chi connectivity index (χ0) is 13.3. The molecular formula is C13H11F3O2. The van der Waals surface area contributed by atoms with Gasteiger partial charge in [-0.05, 0) is 6.07 Å². The van der Waals surface area contributed by atoms with Crippen LogP contribution in [0.2, 0.25) is 0 Å². The first-order valence-electron chi connectivity index (χ1n) is 5.20. The number of halogens is 3. The summed E-state index contributed by atoms with van der Waals surface area (Å²) in [5.41, 5.74) is -0.833. The van der Waals surface area contributed by atoms with E-state index in [2.05, 4.69) is 0 Å². The van der Waals surface area contributed by atoms with Crippen molar-refractivity contribution < 1.29 is 22.6 Å². The minimum Gasteiger partial charge on any atom is -0.496 e. The molecule has 0 fully saturated rings. The quantitative estimate of drug-likeness (QED) is 0.811. The first-order valence-corrected chi connectivity index (χ1v) is 5.20. The second-order valence-electron chi connectivity index (χ2n) is 3.70. The standard InChI is InChI=1S/C13H11F3O2/c1-17-11-7-10(13(14,15)16)12(18-2)9-6-4-3-5-8(9)11/h3-7H,1-2H3. The van der Waals surface area contributed by atoms with Gasteiger partial charge in [0.1, 0.15) is 17.1 Å². The predicted molar refractivity (Wildman–Crippen MR) is 62.1 cm³/mol. The van der Waals surface area contributed by atoms with Gasteiger partial charge in [-0.3, -0.25) is 0 Å². The molecule has 2 nitrogen and oxygen atoms in total. The summed E-state index contributed by atoms with van der Waals surface area (Å²) >= 11 is 0. The van der Waals surface area contributed by atoms with Crippen molar-refractivity contribution in [3.63, 3.8) is 0 Å². The third-order valence-electron chi connectivity index (χ3n) is 2.69. The third kappa shape index (κ3) is 1.96. The number of benzene rings is 2. The zero-order valence-corrected chi connectivity index (χ0v) is 9.84.